The highest BCUT2D eigenvalue weighted by molar-refractivity contribution is 6.33. The van der Waals surface area contributed by atoms with Gasteiger partial charge < -0.3 is 10.6 Å². The van der Waals surface area contributed by atoms with Gasteiger partial charge in [0.25, 0.3) is 5.91 Å². The molecule has 104 valence electrons. The molecule has 0 aliphatic rings. The van der Waals surface area contributed by atoms with Crippen molar-refractivity contribution in [3.8, 4) is 0 Å². The van der Waals surface area contributed by atoms with Gasteiger partial charge in [-0.1, -0.05) is 35.9 Å². The van der Waals surface area contributed by atoms with Gasteiger partial charge in [0, 0.05) is 19.8 Å². The maximum atomic E-state index is 12.3. The number of benzene rings is 1. The summed E-state index contributed by atoms with van der Waals surface area (Å²) in [5.74, 6) is 0.0902. The highest BCUT2D eigenvalue weighted by Crippen LogP contribution is 2.18. The Morgan fingerprint density at radius 2 is 2.10 bits per heavy atom. The first-order valence-electron chi connectivity index (χ1n) is 6.20. The van der Waals surface area contributed by atoms with Crippen LogP contribution in [0.3, 0.4) is 0 Å². The summed E-state index contributed by atoms with van der Waals surface area (Å²) in [4.78, 5) is 17.8. The number of carbonyl (C=O) groups is 1. The Balaban J connectivity index is 2.16. The Hall–Kier alpha value is -2.07. The SMILES string of the molecule is Cc1ccccc1CN(C)C(=O)c1cnc(N)c(Cl)c1. The van der Waals surface area contributed by atoms with Crippen molar-refractivity contribution in [3.63, 3.8) is 0 Å². The van der Waals surface area contributed by atoms with Crippen LogP contribution in [0.2, 0.25) is 5.02 Å². The molecule has 1 aromatic heterocycles. The fourth-order valence-electron chi connectivity index (χ4n) is 1.90. The number of rotatable bonds is 3. The van der Waals surface area contributed by atoms with Crippen LogP contribution in [0, 0.1) is 6.92 Å². The molecule has 1 heterocycles. The quantitative estimate of drug-likeness (QED) is 0.945. The topological polar surface area (TPSA) is 59.2 Å². The fourth-order valence-corrected chi connectivity index (χ4v) is 2.07. The third-order valence-electron chi connectivity index (χ3n) is 3.13. The number of anilines is 1. The van der Waals surface area contributed by atoms with Gasteiger partial charge in [0.1, 0.15) is 5.82 Å². The lowest BCUT2D eigenvalue weighted by atomic mass is 10.1. The van der Waals surface area contributed by atoms with Crippen LogP contribution in [0.25, 0.3) is 0 Å². The highest BCUT2D eigenvalue weighted by atomic mass is 35.5. The summed E-state index contributed by atoms with van der Waals surface area (Å²) in [6, 6.07) is 9.51. The second kappa shape index (κ2) is 5.92. The number of nitrogens with zero attached hydrogens (tertiary/aromatic N) is 2. The first-order chi connectivity index (χ1) is 9.49. The zero-order valence-electron chi connectivity index (χ0n) is 11.4. The number of hydrogen-bond acceptors (Lipinski definition) is 3. The van der Waals surface area contributed by atoms with Crippen LogP contribution in [0.5, 0.6) is 0 Å². The third-order valence-corrected chi connectivity index (χ3v) is 3.43. The summed E-state index contributed by atoms with van der Waals surface area (Å²) in [5, 5.41) is 0.292. The average Bonchev–Trinajstić information content (AvgIpc) is 2.43. The molecule has 0 aliphatic carbocycles. The number of aromatic nitrogens is 1. The van der Waals surface area contributed by atoms with Crippen LogP contribution in [0.1, 0.15) is 21.5 Å². The van der Waals surface area contributed by atoms with Crippen LogP contribution in [-0.4, -0.2) is 22.8 Å². The monoisotopic (exact) mass is 289 g/mol. The standard InChI is InChI=1S/C15H16ClN3O/c1-10-5-3-4-6-11(10)9-19(2)15(20)12-7-13(16)14(17)18-8-12/h3-8H,9H2,1-2H3,(H2,17,18). The van der Waals surface area contributed by atoms with E-state index in [1.807, 2.05) is 31.2 Å². The number of carbonyl (C=O) groups excluding carboxylic acids is 1. The normalized spacial score (nSPS) is 10.3. The van der Waals surface area contributed by atoms with Crippen molar-refractivity contribution in [2.75, 3.05) is 12.8 Å². The summed E-state index contributed by atoms with van der Waals surface area (Å²) in [5.41, 5.74) is 8.23. The van der Waals surface area contributed by atoms with Gasteiger partial charge in [-0.15, -0.1) is 0 Å². The number of nitrogen functional groups attached to an aromatic ring is 1. The minimum atomic E-state index is -0.136. The minimum absolute atomic E-state index is 0.136. The van der Waals surface area contributed by atoms with Crippen LogP contribution in [0.15, 0.2) is 36.5 Å². The maximum absolute atomic E-state index is 12.3. The summed E-state index contributed by atoms with van der Waals surface area (Å²) >= 11 is 5.89. The Morgan fingerprint density at radius 3 is 2.75 bits per heavy atom. The van der Waals surface area contributed by atoms with Crippen LogP contribution >= 0.6 is 11.6 Å². The van der Waals surface area contributed by atoms with Crippen molar-refractivity contribution in [2.24, 2.45) is 0 Å². The number of aryl methyl sites for hydroxylation is 1. The van der Waals surface area contributed by atoms with Crippen molar-refractivity contribution < 1.29 is 4.79 Å². The molecule has 0 aliphatic heterocycles. The van der Waals surface area contributed by atoms with E-state index in [9.17, 15) is 4.79 Å². The van der Waals surface area contributed by atoms with Gasteiger partial charge in [-0.2, -0.15) is 0 Å². The summed E-state index contributed by atoms with van der Waals surface area (Å²) in [6.45, 7) is 2.56. The van der Waals surface area contributed by atoms with E-state index >= 15 is 0 Å². The molecule has 2 N–H and O–H groups in total. The van der Waals surface area contributed by atoms with Crippen LogP contribution in [-0.2, 0) is 6.54 Å². The average molecular weight is 290 g/mol. The first-order valence-corrected chi connectivity index (χ1v) is 6.58. The zero-order chi connectivity index (χ0) is 14.7. The van der Waals surface area contributed by atoms with Gasteiger partial charge in [-0.25, -0.2) is 4.98 Å². The lowest BCUT2D eigenvalue weighted by Crippen LogP contribution is -2.26. The van der Waals surface area contributed by atoms with Crippen molar-refractivity contribution in [2.45, 2.75) is 13.5 Å². The van der Waals surface area contributed by atoms with Crippen molar-refractivity contribution >= 4 is 23.3 Å². The minimum Gasteiger partial charge on any atom is -0.382 e. The van der Waals surface area contributed by atoms with Gasteiger partial charge in [-0.3, -0.25) is 4.79 Å². The molecule has 0 fully saturated rings. The molecule has 0 saturated heterocycles. The summed E-state index contributed by atoms with van der Waals surface area (Å²) in [7, 11) is 1.75. The van der Waals surface area contributed by atoms with E-state index in [1.54, 1.807) is 18.0 Å². The Labute approximate surface area is 123 Å². The van der Waals surface area contributed by atoms with Crippen LogP contribution in [0.4, 0.5) is 5.82 Å². The van der Waals surface area contributed by atoms with E-state index in [-0.39, 0.29) is 11.7 Å². The maximum Gasteiger partial charge on any atom is 0.255 e. The molecule has 4 nitrogen and oxygen atoms in total. The number of nitrogens with two attached hydrogens (primary N) is 1. The number of pyridine rings is 1. The highest BCUT2D eigenvalue weighted by Gasteiger charge is 2.14. The van der Waals surface area contributed by atoms with Crippen molar-refractivity contribution in [1.29, 1.82) is 0 Å². The number of halogens is 1. The van der Waals surface area contributed by atoms with Gasteiger partial charge in [0.15, 0.2) is 0 Å². The summed E-state index contributed by atoms with van der Waals surface area (Å²) in [6.07, 6.45) is 1.44. The Morgan fingerprint density at radius 1 is 1.40 bits per heavy atom. The van der Waals surface area contributed by atoms with E-state index < -0.39 is 0 Å². The largest absolute Gasteiger partial charge is 0.382 e. The lowest BCUT2D eigenvalue weighted by molar-refractivity contribution is 0.0784. The van der Waals surface area contributed by atoms with Gasteiger partial charge >= 0.3 is 0 Å². The smallest absolute Gasteiger partial charge is 0.255 e. The predicted molar refractivity (Wildman–Crippen MR) is 80.6 cm³/mol. The Kier molecular flexibility index (Phi) is 4.25. The molecule has 2 rings (SSSR count). The molecule has 1 aromatic carbocycles. The molecule has 2 aromatic rings. The predicted octanol–water partition coefficient (Wildman–Crippen LogP) is 2.90. The molecular weight excluding hydrogens is 274 g/mol. The molecule has 0 bridgehead atoms. The second-order valence-corrected chi connectivity index (χ2v) is 5.09. The molecule has 0 radical (unpaired) electrons. The van der Waals surface area contributed by atoms with Crippen molar-refractivity contribution in [3.05, 3.63) is 58.2 Å². The second-order valence-electron chi connectivity index (χ2n) is 4.68. The van der Waals surface area contributed by atoms with E-state index in [0.717, 1.165) is 11.1 Å². The van der Waals surface area contributed by atoms with Crippen LogP contribution < -0.4 is 5.73 Å². The summed E-state index contributed by atoms with van der Waals surface area (Å²) < 4.78 is 0. The zero-order valence-corrected chi connectivity index (χ0v) is 12.2. The Bertz CT molecular complexity index is 643. The van der Waals surface area contributed by atoms with Gasteiger partial charge in [0.05, 0.1) is 10.6 Å². The van der Waals surface area contributed by atoms with E-state index in [1.165, 1.54) is 6.20 Å². The molecular formula is C15H16ClN3O. The van der Waals surface area contributed by atoms with Gasteiger partial charge in [0.2, 0.25) is 0 Å². The van der Waals surface area contributed by atoms with Crippen molar-refractivity contribution in [1.82, 2.24) is 9.88 Å². The van der Waals surface area contributed by atoms with E-state index in [2.05, 4.69) is 4.98 Å². The molecule has 0 saturated carbocycles. The third kappa shape index (κ3) is 3.08. The molecule has 0 unspecified atom stereocenters. The fraction of sp³-hybridized carbons (Fsp3) is 0.200. The van der Waals surface area contributed by atoms with E-state index in [0.29, 0.717) is 17.1 Å². The lowest BCUT2D eigenvalue weighted by Gasteiger charge is -2.18. The number of amides is 1. The molecule has 1 amide bonds. The van der Waals surface area contributed by atoms with Gasteiger partial charge in [-0.05, 0) is 24.1 Å². The first kappa shape index (κ1) is 14.3. The molecule has 20 heavy (non-hydrogen) atoms. The van der Waals surface area contributed by atoms with E-state index in [4.69, 9.17) is 17.3 Å². The molecule has 0 spiro atoms. The number of hydrogen-bond donors (Lipinski definition) is 1. The molecule has 5 heteroatoms. The molecule has 0 atom stereocenters.